The predicted molar refractivity (Wildman–Crippen MR) is 117 cm³/mol. The highest BCUT2D eigenvalue weighted by Crippen LogP contribution is 2.34. The number of thiophene rings is 2. The molecular weight excluding hydrogens is 420 g/mol. The Bertz CT molecular complexity index is 1290. The Morgan fingerprint density at radius 3 is 2.97 bits per heavy atom. The Morgan fingerprint density at radius 1 is 1.33 bits per heavy atom. The summed E-state index contributed by atoms with van der Waals surface area (Å²) in [6, 6.07) is 9.12. The Kier molecular flexibility index (Phi) is 4.84. The van der Waals surface area contributed by atoms with Crippen molar-refractivity contribution in [3.8, 4) is 0 Å². The fourth-order valence-electron chi connectivity index (χ4n) is 3.55. The molecule has 0 N–H and O–H groups in total. The maximum Gasteiger partial charge on any atom is 0.263 e. The molecule has 0 saturated carbocycles. The third kappa shape index (κ3) is 3.29. The molecule has 4 aromatic rings. The predicted octanol–water partition coefficient (Wildman–Crippen LogP) is 4.05. The van der Waals surface area contributed by atoms with Gasteiger partial charge in [0.25, 0.3) is 11.5 Å². The second-order valence-corrected chi connectivity index (χ2v) is 9.02. The molecule has 9 heteroatoms. The molecule has 7 nitrogen and oxygen atoms in total. The lowest BCUT2D eigenvalue weighted by atomic mass is 10.1. The van der Waals surface area contributed by atoms with Gasteiger partial charge >= 0.3 is 0 Å². The van der Waals surface area contributed by atoms with E-state index in [1.807, 2.05) is 36.6 Å². The van der Waals surface area contributed by atoms with Crippen molar-refractivity contribution in [2.24, 2.45) is 5.10 Å². The molecule has 1 unspecified atom stereocenters. The van der Waals surface area contributed by atoms with Crippen LogP contribution in [0.4, 0.5) is 0 Å². The van der Waals surface area contributed by atoms with Gasteiger partial charge in [0.15, 0.2) is 0 Å². The van der Waals surface area contributed by atoms with E-state index in [4.69, 9.17) is 4.42 Å². The van der Waals surface area contributed by atoms with Crippen molar-refractivity contribution >= 4 is 44.5 Å². The minimum atomic E-state index is -0.329. The summed E-state index contributed by atoms with van der Waals surface area (Å²) >= 11 is 3.09. The molecule has 1 aliphatic heterocycles. The van der Waals surface area contributed by atoms with E-state index in [1.165, 1.54) is 27.2 Å². The zero-order valence-corrected chi connectivity index (χ0v) is 17.8. The van der Waals surface area contributed by atoms with Crippen molar-refractivity contribution in [1.82, 2.24) is 14.6 Å². The average molecular weight is 439 g/mol. The molecule has 0 saturated heterocycles. The van der Waals surface area contributed by atoms with Gasteiger partial charge in [-0.25, -0.2) is 9.99 Å². The highest BCUT2D eigenvalue weighted by Gasteiger charge is 2.35. The van der Waals surface area contributed by atoms with Gasteiger partial charge in [0.05, 0.1) is 28.6 Å². The molecule has 0 aromatic carbocycles. The molecule has 5 heterocycles. The maximum absolute atomic E-state index is 13.2. The summed E-state index contributed by atoms with van der Waals surface area (Å²) in [6.07, 6.45) is 4.44. The number of hydrogen-bond donors (Lipinski definition) is 0. The largest absolute Gasteiger partial charge is 0.467 e. The molecule has 0 spiro atoms. The van der Waals surface area contributed by atoms with Crippen LogP contribution in [0.3, 0.4) is 0 Å². The van der Waals surface area contributed by atoms with Crippen LogP contribution >= 0.6 is 22.7 Å². The molecule has 0 bridgehead atoms. The average Bonchev–Trinajstić information content (AvgIpc) is 3.55. The zero-order chi connectivity index (χ0) is 20.7. The van der Waals surface area contributed by atoms with Crippen LogP contribution < -0.4 is 5.56 Å². The van der Waals surface area contributed by atoms with Crippen LogP contribution in [0, 0.1) is 0 Å². The van der Waals surface area contributed by atoms with E-state index >= 15 is 0 Å². The van der Waals surface area contributed by atoms with Gasteiger partial charge in [0.1, 0.15) is 23.2 Å². The number of nitrogens with zero attached hydrogens (tertiary/aromatic N) is 4. The molecule has 4 aromatic heterocycles. The summed E-state index contributed by atoms with van der Waals surface area (Å²) in [7, 11) is 0. The number of rotatable bonds is 5. The summed E-state index contributed by atoms with van der Waals surface area (Å²) in [4.78, 5) is 33.3. The Labute approximate surface area is 179 Å². The number of carbonyl (C=O) groups excluding carboxylic acids is 1. The van der Waals surface area contributed by atoms with Gasteiger partial charge in [-0.15, -0.1) is 22.7 Å². The standard InChI is InChI=1S/C21H18N4O3S2/c1-2-13-9-14-20(30-13)22-12-24(21(14)27)11-19(26)25-16(17-5-3-7-28-17)10-15(23-25)18-6-4-8-29-18/h3-9,12,16H,2,10-11H2,1H3. The molecule has 5 rings (SSSR count). The van der Waals surface area contributed by atoms with Gasteiger partial charge in [0, 0.05) is 11.3 Å². The number of aryl methyl sites for hydroxylation is 1. The molecule has 1 amide bonds. The molecule has 0 radical (unpaired) electrons. The fourth-order valence-corrected chi connectivity index (χ4v) is 5.20. The van der Waals surface area contributed by atoms with Crippen molar-refractivity contribution in [1.29, 1.82) is 0 Å². The van der Waals surface area contributed by atoms with Gasteiger partial charge in [-0.05, 0) is 36.1 Å². The lowest BCUT2D eigenvalue weighted by molar-refractivity contribution is -0.134. The first kappa shape index (κ1) is 19.0. The molecule has 152 valence electrons. The summed E-state index contributed by atoms with van der Waals surface area (Å²) in [5, 5.41) is 8.57. The normalized spacial score (nSPS) is 16.4. The monoisotopic (exact) mass is 438 g/mol. The van der Waals surface area contributed by atoms with Crippen LogP contribution in [0.15, 0.2) is 62.6 Å². The first-order valence-electron chi connectivity index (χ1n) is 9.58. The quantitative estimate of drug-likeness (QED) is 0.471. The van der Waals surface area contributed by atoms with Gasteiger partial charge in [-0.2, -0.15) is 5.10 Å². The van der Waals surface area contributed by atoms with E-state index < -0.39 is 0 Å². The SMILES string of the molecule is CCc1cc2c(=O)n(CC(=O)N3N=C(c4cccs4)CC3c3ccco3)cnc2s1. The Morgan fingerprint density at radius 2 is 2.23 bits per heavy atom. The van der Waals surface area contributed by atoms with Gasteiger partial charge in [-0.3, -0.25) is 14.2 Å². The third-order valence-corrected chi connectivity index (χ3v) is 7.17. The summed E-state index contributed by atoms with van der Waals surface area (Å²) in [5.41, 5.74) is 0.631. The van der Waals surface area contributed by atoms with Crippen LogP contribution in [-0.4, -0.2) is 26.2 Å². The second-order valence-electron chi connectivity index (χ2n) is 6.96. The number of hydrazone groups is 1. The number of amides is 1. The van der Waals surface area contributed by atoms with Crippen LogP contribution in [0.1, 0.15) is 34.9 Å². The first-order chi connectivity index (χ1) is 14.6. The van der Waals surface area contributed by atoms with E-state index in [2.05, 4.69) is 10.1 Å². The number of aromatic nitrogens is 2. The van der Waals surface area contributed by atoms with Crippen molar-refractivity contribution in [2.45, 2.75) is 32.4 Å². The number of furan rings is 1. The van der Waals surface area contributed by atoms with Crippen molar-refractivity contribution in [3.05, 3.63) is 74.2 Å². The number of carbonyl (C=O) groups is 1. The Hall–Kier alpha value is -3.04. The van der Waals surface area contributed by atoms with Crippen molar-refractivity contribution < 1.29 is 9.21 Å². The zero-order valence-electron chi connectivity index (χ0n) is 16.1. The maximum atomic E-state index is 13.2. The summed E-state index contributed by atoms with van der Waals surface area (Å²) < 4.78 is 6.92. The first-order valence-corrected chi connectivity index (χ1v) is 11.3. The highest BCUT2D eigenvalue weighted by molar-refractivity contribution is 7.18. The minimum Gasteiger partial charge on any atom is -0.467 e. The summed E-state index contributed by atoms with van der Waals surface area (Å²) in [6.45, 7) is 1.91. The van der Waals surface area contributed by atoms with Crippen LogP contribution in [0.5, 0.6) is 0 Å². The third-order valence-electron chi connectivity index (χ3n) is 5.07. The molecular formula is C21H18N4O3S2. The van der Waals surface area contributed by atoms with E-state index in [-0.39, 0.29) is 24.1 Å². The van der Waals surface area contributed by atoms with Gasteiger partial charge in [0.2, 0.25) is 0 Å². The van der Waals surface area contributed by atoms with Gasteiger partial charge in [-0.1, -0.05) is 13.0 Å². The second kappa shape index (κ2) is 7.66. The van der Waals surface area contributed by atoms with E-state index in [9.17, 15) is 9.59 Å². The molecule has 0 aliphatic carbocycles. The van der Waals surface area contributed by atoms with Crippen molar-refractivity contribution in [2.75, 3.05) is 0 Å². The fraction of sp³-hybridized carbons (Fsp3) is 0.238. The van der Waals surface area contributed by atoms with E-state index in [1.54, 1.807) is 23.7 Å². The summed E-state index contributed by atoms with van der Waals surface area (Å²) in [5.74, 6) is 0.391. The smallest absolute Gasteiger partial charge is 0.263 e. The van der Waals surface area contributed by atoms with Crippen LogP contribution in [-0.2, 0) is 17.8 Å². The van der Waals surface area contributed by atoms with E-state index in [0.29, 0.717) is 22.4 Å². The van der Waals surface area contributed by atoms with Gasteiger partial charge < -0.3 is 4.42 Å². The lowest BCUT2D eigenvalue weighted by Crippen LogP contribution is -2.33. The number of fused-ring (bicyclic) bond motifs is 1. The van der Waals surface area contributed by atoms with E-state index in [0.717, 1.165) is 21.9 Å². The molecule has 30 heavy (non-hydrogen) atoms. The van der Waals surface area contributed by atoms with Crippen molar-refractivity contribution in [3.63, 3.8) is 0 Å². The van der Waals surface area contributed by atoms with Crippen LogP contribution in [0.25, 0.3) is 10.2 Å². The topological polar surface area (TPSA) is 80.7 Å². The molecule has 1 aliphatic rings. The number of hydrogen-bond acceptors (Lipinski definition) is 7. The van der Waals surface area contributed by atoms with Crippen LogP contribution in [0.2, 0.25) is 0 Å². The molecule has 1 atom stereocenters. The molecule has 0 fully saturated rings. The Balaban J connectivity index is 1.47. The minimum absolute atomic E-state index is 0.127. The highest BCUT2D eigenvalue weighted by atomic mass is 32.1. The lowest BCUT2D eigenvalue weighted by Gasteiger charge is -2.20.